The summed E-state index contributed by atoms with van der Waals surface area (Å²) in [7, 11) is 7.72. The Hall–Kier alpha value is -0.210. The van der Waals surface area contributed by atoms with E-state index in [1.165, 1.54) is 0 Å². The SMILES string of the molecule is CN(C)/C(Cl)=C/C=[N+](C)C.[Cl-]. The van der Waals surface area contributed by atoms with Crippen LogP contribution < -0.4 is 12.4 Å². The first-order valence-corrected chi connectivity index (χ1v) is 3.46. The van der Waals surface area contributed by atoms with Crippen LogP contribution in [0.25, 0.3) is 0 Å². The monoisotopic (exact) mass is 196 g/mol. The van der Waals surface area contributed by atoms with Gasteiger partial charge in [-0.3, -0.25) is 0 Å². The van der Waals surface area contributed by atoms with Gasteiger partial charge in [0.25, 0.3) is 0 Å². The molecule has 0 atom stereocenters. The van der Waals surface area contributed by atoms with Crippen LogP contribution in [0.1, 0.15) is 0 Å². The largest absolute Gasteiger partial charge is 1.00 e. The van der Waals surface area contributed by atoms with Crippen LogP contribution in [0.15, 0.2) is 11.2 Å². The molecule has 0 saturated carbocycles. The van der Waals surface area contributed by atoms with Crippen LogP contribution in [0.2, 0.25) is 0 Å². The van der Waals surface area contributed by atoms with E-state index in [4.69, 9.17) is 11.6 Å². The molecule has 11 heavy (non-hydrogen) atoms. The predicted octanol–water partition coefficient (Wildman–Crippen LogP) is -2.02. The smallest absolute Gasteiger partial charge is 0.165 e. The van der Waals surface area contributed by atoms with Gasteiger partial charge < -0.3 is 17.3 Å². The van der Waals surface area contributed by atoms with E-state index in [1.807, 2.05) is 50.0 Å². The van der Waals surface area contributed by atoms with Gasteiger partial charge in [-0.15, -0.1) is 0 Å². The minimum Gasteiger partial charge on any atom is -1.00 e. The summed E-state index contributed by atoms with van der Waals surface area (Å²) in [5.41, 5.74) is 0. The summed E-state index contributed by atoms with van der Waals surface area (Å²) in [6, 6.07) is 0. The van der Waals surface area contributed by atoms with Gasteiger partial charge in [-0.05, 0) is 0 Å². The summed E-state index contributed by atoms with van der Waals surface area (Å²) in [6.07, 6.45) is 3.75. The van der Waals surface area contributed by atoms with Gasteiger partial charge in [-0.2, -0.15) is 0 Å². The van der Waals surface area contributed by atoms with E-state index in [0.717, 1.165) is 5.16 Å². The van der Waals surface area contributed by atoms with Gasteiger partial charge in [-0.1, -0.05) is 11.6 Å². The van der Waals surface area contributed by atoms with E-state index in [1.54, 1.807) is 0 Å². The average Bonchev–Trinajstić information content (AvgIpc) is 1.82. The molecule has 0 aliphatic heterocycles. The van der Waals surface area contributed by atoms with Crippen molar-refractivity contribution in [2.24, 2.45) is 0 Å². The molecule has 0 amide bonds. The van der Waals surface area contributed by atoms with Crippen LogP contribution in [0.5, 0.6) is 0 Å². The van der Waals surface area contributed by atoms with Crippen molar-refractivity contribution in [3.63, 3.8) is 0 Å². The molecule has 0 heterocycles. The molecule has 0 aromatic carbocycles. The third kappa shape index (κ3) is 7.69. The number of rotatable bonds is 2. The van der Waals surface area contributed by atoms with Crippen LogP contribution in [0.4, 0.5) is 0 Å². The van der Waals surface area contributed by atoms with E-state index < -0.39 is 0 Å². The molecule has 0 aliphatic rings. The quantitative estimate of drug-likeness (QED) is 0.281. The van der Waals surface area contributed by atoms with Crippen molar-refractivity contribution in [3.8, 4) is 0 Å². The van der Waals surface area contributed by atoms with Crippen molar-refractivity contribution in [2.75, 3.05) is 28.2 Å². The highest BCUT2D eigenvalue weighted by molar-refractivity contribution is 6.30. The molecular weight excluding hydrogens is 183 g/mol. The maximum atomic E-state index is 5.79. The summed E-state index contributed by atoms with van der Waals surface area (Å²) in [6.45, 7) is 0. The van der Waals surface area contributed by atoms with Crippen molar-refractivity contribution in [2.45, 2.75) is 0 Å². The van der Waals surface area contributed by atoms with Gasteiger partial charge in [0, 0.05) is 20.2 Å². The second kappa shape index (κ2) is 6.50. The fourth-order valence-electron chi connectivity index (χ4n) is 0.360. The maximum absolute atomic E-state index is 5.79. The molecule has 0 N–H and O–H groups in total. The van der Waals surface area contributed by atoms with Gasteiger partial charge in [0.05, 0.1) is 0 Å². The first kappa shape index (κ1) is 13.4. The second-order valence-electron chi connectivity index (χ2n) is 2.50. The highest BCUT2D eigenvalue weighted by Crippen LogP contribution is 2.00. The Morgan fingerprint density at radius 1 is 1.36 bits per heavy atom. The Morgan fingerprint density at radius 3 is 2.09 bits per heavy atom. The van der Waals surface area contributed by atoms with Gasteiger partial charge in [0.2, 0.25) is 0 Å². The Morgan fingerprint density at radius 2 is 1.82 bits per heavy atom. The topological polar surface area (TPSA) is 6.25 Å². The molecule has 0 radical (unpaired) electrons. The number of hydrogen-bond donors (Lipinski definition) is 0. The molecule has 0 saturated heterocycles. The molecule has 66 valence electrons. The fourth-order valence-corrected chi connectivity index (χ4v) is 0.416. The molecule has 0 aliphatic carbocycles. The minimum atomic E-state index is 0. The van der Waals surface area contributed by atoms with E-state index >= 15 is 0 Å². The molecule has 4 heteroatoms. The van der Waals surface area contributed by atoms with E-state index in [-0.39, 0.29) is 12.4 Å². The summed E-state index contributed by atoms with van der Waals surface area (Å²) in [5, 5.41) is 0.730. The van der Waals surface area contributed by atoms with Crippen molar-refractivity contribution in [3.05, 3.63) is 11.2 Å². The lowest BCUT2D eigenvalue weighted by atomic mass is 10.6. The third-order valence-electron chi connectivity index (χ3n) is 0.937. The Kier molecular flexibility index (Phi) is 7.91. The first-order chi connectivity index (χ1) is 4.54. The minimum absolute atomic E-state index is 0. The summed E-state index contributed by atoms with van der Waals surface area (Å²) >= 11 is 5.79. The third-order valence-corrected chi connectivity index (χ3v) is 1.40. The first-order valence-electron chi connectivity index (χ1n) is 3.08. The lowest BCUT2D eigenvalue weighted by molar-refractivity contribution is -0.458. The van der Waals surface area contributed by atoms with Crippen molar-refractivity contribution in [1.82, 2.24) is 4.90 Å². The summed E-state index contributed by atoms with van der Waals surface area (Å²) in [4.78, 5) is 1.85. The Balaban J connectivity index is 0. The van der Waals surface area contributed by atoms with Gasteiger partial charge in [0.1, 0.15) is 19.3 Å². The van der Waals surface area contributed by atoms with Crippen LogP contribution in [-0.2, 0) is 0 Å². The van der Waals surface area contributed by atoms with Gasteiger partial charge >= 0.3 is 0 Å². The molecule has 0 fully saturated rings. The Labute approximate surface area is 79.6 Å². The van der Waals surface area contributed by atoms with Crippen LogP contribution in [0.3, 0.4) is 0 Å². The molecule has 0 aromatic heterocycles. The molecule has 0 bridgehead atoms. The fraction of sp³-hybridized carbons (Fsp3) is 0.571. The van der Waals surface area contributed by atoms with E-state index in [0.29, 0.717) is 0 Å². The number of halogens is 2. The summed E-state index contributed by atoms with van der Waals surface area (Å²) < 4.78 is 1.94. The molecule has 2 nitrogen and oxygen atoms in total. The zero-order valence-electron chi connectivity index (χ0n) is 7.31. The highest BCUT2D eigenvalue weighted by atomic mass is 35.5. The van der Waals surface area contributed by atoms with Crippen molar-refractivity contribution < 1.29 is 17.0 Å². The number of hydrogen-bond acceptors (Lipinski definition) is 1. The van der Waals surface area contributed by atoms with Crippen LogP contribution in [0, 0.1) is 0 Å². The predicted molar refractivity (Wildman–Crippen MR) is 45.8 cm³/mol. The molecular formula is C7H14Cl2N2. The van der Waals surface area contributed by atoms with Crippen molar-refractivity contribution >= 4 is 17.8 Å². The lowest BCUT2D eigenvalue weighted by Gasteiger charge is -2.07. The normalized spacial score (nSPS) is 10.1. The molecule has 0 spiro atoms. The standard InChI is InChI=1S/C7H14ClN2.ClH/c1-9(2)6-5-7(8)10(3)4;/h5-6H,1-4H3;1H/q+1;/p-1. The maximum Gasteiger partial charge on any atom is 0.165 e. The van der Waals surface area contributed by atoms with Gasteiger partial charge in [0.15, 0.2) is 6.21 Å². The van der Waals surface area contributed by atoms with E-state index in [2.05, 4.69) is 0 Å². The van der Waals surface area contributed by atoms with Crippen molar-refractivity contribution in [1.29, 1.82) is 0 Å². The zero-order valence-corrected chi connectivity index (χ0v) is 8.82. The van der Waals surface area contributed by atoms with E-state index in [9.17, 15) is 0 Å². The summed E-state index contributed by atoms with van der Waals surface area (Å²) in [5.74, 6) is 0. The van der Waals surface area contributed by atoms with Gasteiger partial charge in [-0.25, -0.2) is 4.58 Å². The highest BCUT2D eigenvalue weighted by Gasteiger charge is 1.91. The molecule has 0 unspecified atom stereocenters. The number of allylic oxidation sites excluding steroid dienone is 1. The molecule has 0 rings (SSSR count). The van der Waals surface area contributed by atoms with Crippen LogP contribution in [-0.4, -0.2) is 43.9 Å². The zero-order chi connectivity index (χ0) is 8.15. The lowest BCUT2D eigenvalue weighted by Crippen LogP contribution is -3.00. The second-order valence-corrected chi connectivity index (χ2v) is 2.88. The van der Waals surface area contributed by atoms with Crippen LogP contribution >= 0.6 is 11.6 Å². The number of nitrogens with zero attached hydrogens (tertiary/aromatic N) is 2. The average molecular weight is 197 g/mol. The Bertz CT molecular complexity index is 158. The molecule has 0 aromatic rings.